The number of nitrogens with zero attached hydrogens (tertiary/aromatic N) is 1. The monoisotopic (exact) mass is 420 g/mol. The third kappa shape index (κ3) is 5.93. The molecule has 3 rings (SSSR count). The van der Waals surface area contributed by atoms with Crippen molar-refractivity contribution in [1.29, 1.82) is 5.26 Å². The van der Waals surface area contributed by atoms with Gasteiger partial charge in [0, 0.05) is 16.3 Å². The van der Waals surface area contributed by atoms with Gasteiger partial charge in [0.2, 0.25) is 0 Å². The highest BCUT2D eigenvalue weighted by Gasteiger charge is 2.15. The summed E-state index contributed by atoms with van der Waals surface area (Å²) in [6.07, 6.45) is 0. The molecule has 1 N–H and O–H groups in total. The zero-order valence-corrected chi connectivity index (χ0v) is 16.6. The fraction of sp³-hybridized carbons (Fsp3) is 0.0870. The largest absolute Gasteiger partial charge is 0.452 e. The normalized spacial score (nSPS) is 10.1. The zero-order valence-electron chi connectivity index (χ0n) is 15.8. The van der Waals surface area contributed by atoms with Gasteiger partial charge in [-0.05, 0) is 48.0 Å². The van der Waals surface area contributed by atoms with Gasteiger partial charge in [0.1, 0.15) is 5.82 Å². The van der Waals surface area contributed by atoms with Crippen molar-refractivity contribution in [2.45, 2.75) is 10.6 Å². The van der Waals surface area contributed by atoms with Crippen molar-refractivity contribution < 1.29 is 18.7 Å². The molecule has 0 radical (unpaired) electrons. The van der Waals surface area contributed by atoms with Crippen molar-refractivity contribution in [3.63, 3.8) is 0 Å². The van der Waals surface area contributed by atoms with Gasteiger partial charge < -0.3 is 10.1 Å². The molecule has 0 aliphatic carbocycles. The Balaban J connectivity index is 1.58. The van der Waals surface area contributed by atoms with Crippen LogP contribution in [0.5, 0.6) is 0 Å². The molecule has 0 saturated carbocycles. The molecule has 0 aliphatic rings. The number of hydrogen-bond donors (Lipinski definition) is 1. The lowest BCUT2D eigenvalue weighted by Crippen LogP contribution is -2.21. The lowest BCUT2D eigenvalue weighted by molar-refractivity contribution is -0.119. The van der Waals surface area contributed by atoms with E-state index in [0.29, 0.717) is 16.9 Å². The first kappa shape index (κ1) is 21.1. The van der Waals surface area contributed by atoms with Gasteiger partial charge in [0.15, 0.2) is 6.61 Å². The predicted molar refractivity (Wildman–Crippen MR) is 112 cm³/mol. The van der Waals surface area contributed by atoms with E-state index in [-0.39, 0.29) is 5.69 Å². The third-order valence-electron chi connectivity index (χ3n) is 4.03. The number of carbonyl (C=O) groups is 2. The minimum absolute atomic E-state index is 0.287. The van der Waals surface area contributed by atoms with Crippen LogP contribution in [0.25, 0.3) is 0 Å². The Morgan fingerprint density at radius 3 is 2.53 bits per heavy atom. The van der Waals surface area contributed by atoms with E-state index in [4.69, 9.17) is 10.00 Å². The molecular formula is C23H17FN2O3S. The van der Waals surface area contributed by atoms with Crippen molar-refractivity contribution >= 4 is 29.3 Å². The molecule has 150 valence electrons. The van der Waals surface area contributed by atoms with Crippen molar-refractivity contribution in [2.24, 2.45) is 0 Å². The van der Waals surface area contributed by atoms with Crippen molar-refractivity contribution in [3.8, 4) is 6.07 Å². The molecule has 0 fully saturated rings. The summed E-state index contributed by atoms with van der Waals surface area (Å²) < 4.78 is 18.3. The van der Waals surface area contributed by atoms with Crippen LogP contribution in [-0.2, 0) is 15.3 Å². The Morgan fingerprint density at radius 2 is 1.80 bits per heavy atom. The molecule has 1 amide bonds. The van der Waals surface area contributed by atoms with Crippen LogP contribution in [0.15, 0.2) is 77.7 Å². The number of benzene rings is 3. The third-order valence-corrected chi connectivity index (χ3v) is 5.17. The van der Waals surface area contributed by atoms with E-state index in [1.807, 2.05) is 18.2 Å². The average molecular weight is 420 g/mol. The topological polar surface area (TPSA) is 79.2 Å². The number of thioether (sulfide) groups is 1. The van der Waals surface area contributed by atoms with Gasteiger partial charge in [-0.15, -0.1) is 11.8 Å². The molecule has 0 atom stereocenters. The molecule has 30 heavy (non-hydrogen) atoms. The molecule has 0 bridgehead atoms. The van der Waals surface area contributed by atoms with E-state index in [9.17, 15) is 14.0 Å². The van der Waals surface area contributed by atoms with Crippen LogP contribution in [0.2, 0.25) is 0 Å². The molecule has 0 saturated heterocycles. The smallest absolute Gasteiger partial charge is 0.339 e. The maximum Gasteiger partial charge on any atom is 0.339 e. The van der Waals surface area contributed by atoms with Gasteiger partial charge in [-0.1, -0.05) is 30.3 Å². The van der Waals surface area contributed by atoms with Crippen LogP contribution in [0, 0.1) is 17.1 Å². The van der Waals surface area contributed by atoms with Crippen LogP contribution in [-0.4, -0.2) is 18.5 Å². The Bertz CT molecular complexity index is 1090. The van der Waals surface area contributed by atoms with Crippen LogP contribution < -0.4 is 5.32 Å². The number of anilines is 1. The van der Waals surface area contributed by atoms with Crippen LogP contribution >= 0.6 is 11.8 Å². The summed E-state index contributed by atoms with van der Waals surface area (Å²) in [6.45, 7) is -0.482. The summed E-state index contributed by atoms with van der Waals surface area (Å²) in [4.78, 5) is 25.1. The highest BCUT2D eigenvalue weighted by Crippen LogP contribution is 2.27. The molecule has 0 spiro atoms. The molecule has 7 heteroatoms. The van der Waals surface area contributed by atoms with Crippen molar-refractivity contribution in [1.82, 2.24) is 0 Å². The number of hydrogen-bond acceptors (Lipinski definition) is 5. The van der Waals surface area contributed by atoms with Crippen LogP contribution in [0.1, 0.15) is 21.5 Å². The highest BCUT2D eigenvalue weighted by molar-refractivity contribution is 7.98. The van der Waals surface area contributed by atoms with Gasteiger partial charge in [-0.3, -0.25) is 4.79 Å². The van der Waals surface area contributed by atoms with E-state index in [2.05, 4.69) is 11.4 Å². The molecule has 0 aliphatic heterocycles. The summed E-state index contributed by atoms with van der Waals surface area (Å²) >= 11 is 1.45. The SMILES string of the molecule is N#Cc1ccc(CSc2ccccc2C(=O)OCC(=O)Nc2cccc(F)c2)cc1. The number of rotatable bonds is 7. The first-order valence-electron chi connectivity index (χ1n) is 8.98. The first-order valence-corrected chi connectivity index (χ1v) is 9.97. The average Bonchev–Trinajstić information content (AvgIpc) is 2.76. The summed E-state index contributed by atoms with van der Waals surface area (Å²) in [7, 11) is 0. The highest BCUT2D eigenvalue weighted by atomic mass is 32.2. The maximum absolute atomic E-state index is 13.2. The molecule has 0 unspecified atom stereocenters. The number of nitriles is 1. The van der Waals surface area contributed by atoms with Crippen LogP contribution in [0.4, 0.5) is 10.1 Å². The van der Waals surface area contributed by atoms with Crippen LogP contribution in [0.3, 0.4) is 0 Å². The number of halogens is 1. The minimum Gasteiger partial charge on any atom is -0.452 e. The summed E-state index contributed by atoms with van der Waals surface area (Å²) in [5.41, 5.74) is 2.24. The molecule has 0 aromatic heterocycles. The van der Waals surface area contributed by atoms with Crippen molar-refractivity contribution in [3.05, 3.63) is 95.3 Å². The van der Waals surface area contributed by atoms with E-state index < -0.39 is 24.3 Å². The Kier molecular flexibility index (Phi) is 7.19. The second kappa shape index (κ2) is 10.2. The standard InChI is InChI=1S/C23H17FN2O3S/c24-18-4-3-5-19(12-18)26-22(27)14-29-23(28)20-6-1-2-7-21(20)30-15-17-10-8-16(13-25)9-11-17/h1-12H,14-15H2,(H,26,27). The summed E-state index contributed by atoms with van der Waals surface area (Å²) in [5, 5.41) is 11.3. The second-order valence-corrected chi connectivity index (χ2v) is 7.25. The fourth-order valence-corrected chi connectivity index (χ4v) is 3.57. The Morgan fingerprint density at radius 1 is 1.03 bits per heavy atom. The van der Waals surface area contributed by atoms with Gasteiger partial charge in [-0.25, -0.2) is 9.18 Å². The molecule has 0 heterocycles. The summed E-state index contributed by atoms with van der Waals surface area (Å²) in [5.74, 6) is -1.04. The fourth-order valence-electron chi connectivity index (χ4n) is 2.57. The lowest BCUT2D eigenvalue weighted by Gasteiger charge is -2.10. The number of esters is 1. The number of amides is 1. The Labute approximate surface area is 177 Å². The minimum atomic E-state index is -0.618. The second-order valence-electron chi connectivity index (χ2n) is 6.23. The van der Waals surface area contributed by atoms with Gasteiger partial charge >= 0.3 is 5.97 Å². The van der Waals surface area contributed by atoms with Gasteiger partial charge in [0.25, 0.3) is 5.91 Å². The van der Waals surface area contributed by atoms with Crippen molar-refractivity contribution in [2.75, 3.05) is 11.9 Å². The lowest BCUT2D eigenvalue weighted by atomic mass is 10.2. The molecular weight excluding hydrogens is 403 g/mol. The summed E-state index contributed by atoms with van der Waals surface area (Å²) in [6, 6.07) is 21.7. The molecule has 3 aromatic carbocycles. The Hall–Kier alpha value is -3.63. The zero-order chi connectivity index (χ0) is 21.3. The van der Waals surface area contributed by atoms with E-state index in [1.54, 1.807) is 30.3 Å². The van der Waals surface area contributed by atoms with Gasteiger partial charge in [0.05, 0.1) is 17.2 Å². The number of ether oxygens (including phenoxy) is 1. The van der Waals surface area contributed by atoms with E-state index in [1.165, 1.54) is 36.0 Å². The van der Waals surface area contributed by atoms with E-state index >= 15 is 0 Å². The van der Waals surface area contributed by atoms with Gasteiger partial charge in [-0.2, -0.15) is 5.26 Å². The quantitative estimate of drug-likeness (QED) is 0.439. The van der Waals surface area contributed by atoms with E-state index in [0.717, 1.165) is 10.5 Å². The number of nitrogens with one attached hydrogen (secondary N) is 1. The molecule has 3 aromatic rings. The molecule has 5 nitrogen and oxygen atoms in total. The predicted octanol–water partition coefficient (Wildman–Crippen LogP) is 4.79. The first-order chi connectivity index (χ1) is 14.5. The number of carbonyl (C=O) groups excluding carboxylic acids is 2. The maximum atomic E-state index is 13.2.